The topological polar surface area (TPSA) is 359 Å². The number of carboxylic acids is 1. The third kappa shape index (κ3) is 22.1. The minimum absolute atomic E-state index is 0.0250. The molecule has 372 valence electrons. The molecule has 0 unspecified atom stereocenters. The van der Waals surface area contributed by atoms with Gasteiger partial charge in [0.25, 0.3) is 0 Å². The minimum atomic E-state index is -1.60. The van der Waals surface area contributed by atoms with Gasteiger partial charge in [0.1, 0.15) is 42.3 Å². The van der Waals surface area contributed by atoms with Crippen molar-refractivity contribution >= 4 is 70.9 Å². The Kier molecular flexibility index (Phi) is 27.9. The Morgan fingerprint density at radius 3 is 1.58 bits per heavy atom. The molecule has 0 aliphatic carbocycles. The lowest BCUT2D eigenvalue weighted by Gasteiger charge is -2.28. The van der Waals surface area contributed by atoms with E-state index in [1.54, 1.807) is 34.0 Å². The van der Waals surface area contributed by atoms with Crippen molar-refractivity contribution in [2.24, 2.45) is 35.1 Å². The fraction of sp³-hybridized carbons (Fsp3) is 0.762. The fourth-order valence-electron chi connectivity index (χ4n) is 6.11. The standard InChI is InChI=1S/C42H76N10O12S/c1-12-22(7)31(44)39(60)49-28(18-20(3)4)38(59)46-24(9)35(56)52-34(25(10)53)40(61)45-19-30(55)50-33(23(8)13-2)41(62)48-26(14-15-29(43)54)36(57)47-27(16-17-65-11)37(58)51-32(21(5)6)42(63)64/h20-28,31-34,53H,12-19,44H2,1-11H3,(H2,43,54)(H,45,61)(H,46,59)(H,47,57)(H,48,62)(H,49,60)(H,50,55)(H,51,58)(H,52,56)(H,63,64)/t22-,23-,24-,25+,26-,27-,28-,31-,32-,33-,34-/m0/s1. The number of carboxylic acid groups (broad SMARTS) is 1. The van der Waals surface area contributed by atoms with Crippen LogP contribution in [0.5, 0.6) is 0 Å². The summed E-state index contributed by atoms with van der Waals surface area (Å²) >= 11 is 1.37. The Labute approximate surface area is 386 Å². The molecule has 0 aromatic carbocycles. The first-order chi connectivity index (χ1) is 30.2. The zero-order chi connectivity index (χ0) is 50.3. The Morgan fingerprint density at radius 1 is 0.585 bits per heavy atom. The van der Waals surface area contributed by atoms with Crippen LogP contribution in [0.4, 0.5) is 0 Å². The van der Waals surface area contributed by atoms with Crippen molar-refractivity contribution in [3.63, 3.8) is 0 Å². The van der Waals surface area contributed by atoms with Gasteiger partial charge in [0.15, 0.2) is 0 Å². The van der Waals surface area contributed by atoms with Crippen molar-refractivity contribution in [1.29, 1.82) is 0 Å². The highest BCUT2D eigenvalue weighted by Gasteiger charge is 2.35. The molecule has 0 heterocycles. The molecule has 0 aliphatic rings. The number of nitrogens with two attached hydrogens (primary N) is 2. The van der Waals surface area contributed by atoms with Crippen LogP contribution >= 0.6 is 11.8 Å². The predicted molar refractivity (Wildman–Crippen MR) is 244 cm³/mol. The average Bonchev–Trinajstić information content (AvgIpc) is 3.23. The molecule has 0 saturated heterocycles. The maximum absolute atomic E-state index is 13.7. The van der Waals surface area contributed by atoms with Crippen molar-refractivity contribution in [1.82, 2.24) is 42.5 Å². The molecule has 0 aromatic rings. The van der Waals surface area contributed by atoms with E-state index in [9.17, 15) is 58.2 Å². The number of nitrogens with one attached hydrogen (secondary N) is 8. The predicted octanol–water partition coefficient (Wildman–Crippen LogP) is -1.88. The lowest BCUT2D eigenvalue weighted by atomic mass is 9.97. The van der Waals surface area contributed by atoms with Crippen molar-refractivity contribution in [2.45, 2.75) is 162 Å². The summed E-state index contributed by atoms with van der Waals surface area (Å²) in [5, 5.41) is 39.9. The summed E-state index contributed by atoms with van der Waals surface area (Å²) in [6, 6.07) is -9.91. The summed E-state index contributed by atoms with van der Waals surface area (Å²) in [6.07, 6.45) is 0.965. The van der Waals surface area contributed by atoms with Gasteiger partial charge in [-0.3, -0.25) is 43.2 Å². The second-order valence-corrected chi connectivity index (χ2v) is 18.2. The zero-order valence-corrected chi connectivity index (χ0v) is 40.5. The Hall–Kier alpha value is -5.03. The molecule has 0 bridgehead atoms. The summed E-state index contributed by atoms with van der Waals surface area (Å²) < 4.78 is 0. The maximum atomic E-state index is 13.7. The molecule has 0 aromatic heterocycles. The third-order valence-electron chi connectivity index (χ3n) is 10.7. The molecule has 0 fully saturated rings. The molecular weight excluding hydrogens is 869 g/mol. The third-order valence-corrected chi connectivity index (χ3v) is 11.4. The molecule has 14 N–H and O–H groups in total. The van der Waals surface area contributed by atoms with Gasteiger partial charge >= 0.3 is 5.97 Å². The second kappa shape index (κ2) is 30.2. The molecule has 0 saturated carbocycles. The first kappa shape index (κ1) is 60.0. The van der Waals surface area contributed by atoms with Crippen LogP contribution in [0.25, 0.3) is 0 Å². The van der Waals surface area contributed by atoms with E-state index >= 15 is 0 Å². The highest BCUT2D eigenvalue weighted by atomic mass is 32.2. The average molecular weight is 945 g/mol. The van der Waals surface area contributed by atoms with Gasteiger partial charge in [-0.2, -0.15) is 11.8 Å². The number of amides is 9. The van der Waals surface area contributed by atoms with Crippen molar-refractivity contribution < 1.29 is 58.2 Å². The summed E-state index contributed by atoms with van der Waals surface area (Å²) in [5.41, 5.74) is 11.4. The van der Waals surface area contributed by atoms with E-state index in [-0.39, 0.29) is 37.5 Å². The van der Waals surface area contributed by atoms with E-state index in [1.807, 2.05) is 27.7 Å². The number of aliphatic hydroxyl groups excluding tert-OH is 1. The van der Waals surface area contributed by atoms with Crippen LogP contribution in [-0.4, -0.2) is 142 Å². The van der Waals surface area contributed by atoms with Crippen LogP contribution in [0.15, 0.2) is 0 Å². The summed E-state index contributed by atoms with van der Waals surface area (Å²) in [6.45, 7) is 15.8. The van der Waals surface area contributed by atoms with Crippen LogP contribution in [0.2, 0.25) is 0 Å². The van der Waals surface area contributed by atoms with Gasteiger partial charge in [-0.25, -0.2) is 4.79 Å². The quantitative estimate of drug-likeness (QED) is 0.0362. The number of primary amides is 1. The SMILES string of the molecule is CC[C@H](C)[C@H](N)C(=O)N[C@@H](CC(C)C)C(=O)N[C@@H](C)C(=O)N[C@H](C(=O)NCC(=O)N[C@H](C(=O)N[C@@H](CCC(N)=O)C(=O)N[C@@H](CCSC)C(=O)N[C@H](C(=O)O)C(C)C)[C@@H](C)CC)[C@@H](C)O. The van der Waals surface area contributed by atoms with Gasteiger partial charge in [-0.1, -0.05) is 68.2 Å². The molecule has 0 spiro atoms. The van der Waals surface area contributed by atoms with Gasteiger partial charge in [0.2, 0.25) is 53.2 Å². The number of hydrogen-bond donors (Lipinski definition) is 12. The molecular formula is C42H76N10O12S. The van der Waals surface area contributed by atoms with Gasteiger partial charge in [0, 0.05) is 6.42 Å². The first-order valence-corrected chi connectivity index (χ1v) is 23.4. The number of carbonyl (C=O) groups is 10. The van der Waals surface area contributed by atoms with Crippen molar-refractivity contribution in [3.8, 4) is 0 Å². The van der Waals surface area contributed by atoms with Crippen LogP contribution in [0.3, 0.4) is 0 Å². The van der Waals surface area contributed by atoms with E-state index in [4.69, 9.17) is 11.5 Å². The smallest absolute Gasteiger partial charge is 0.326 e. The van der Waals surface area contributed by atoms with E-state index in [0.717, 1.165) is 0 Å². The zero-order valence-electron chi connectivity index (χ0n) is 39.7. The lowest BCUT2D eigenvalue weighted by Crippen LogP contribution is -2.60. The Balaban J connectivity index is 5.97. The number of aliphatic hydroxyl groups is 1. The molecule has 0 aliphatic heterocycles. The number of aliphatic carboxylic acids is 1. The highest BCUT2D eigenvalue weighted by Crippen LogP contribution is 2.12. The van der Waals surface area contributed by atoms with E-state index in [1.165, 1.54) is 25.6 Å². The van der Waals surface area contributed by atoms with Gasteiger partial charge in [-0.05, 0) is 68.8 Å². The highest BCUT2D eigenvalue weighted by molar-refractivity contribution is 7.98. The van der Waals surface area contributed by atoms with Gasteiger partial charge < -0.3 is 64.2 Å². The molecule has 65 heavy (non-hydrogen) atoms. The fourth-order valence-corrected chi connectivity index (χ4v) is 6.58. The van der Waals surface area contributed by atoms with E-state index in [2.05, 4.69) is 42.5 Å². The minimum Gasteiger partial charge on any atom is -0.480 e. The molecule has 22 nitrogen and oxygen atoms in total. The lowest BCUT2D eigenvalue weighted by molar-refractivity contribution is -0.143. The van der Waals surface area contributed by atoms with Crippen LogP contribution < -0.4 is 54.0 Å². The van der Waals surface area contributed by atoms with Crippen LogP contribution in [-0.2, 0) is 47.9 Å². The summed E-state index contributed by atoms with van der Waals surface area (Å²) in [7, 11) is 0. The van der Waals surface area contributed by atoms with Crippen molar-refractivity contribution in [3.05, 3.63) is 0 Å². The molecule has 23 heteroatoms. The Bertz CT molecular complexity index is 1630. The monoisotopic (exact) mass is 945 g/mol. The normalized spacial score (nSPS) is 16.4. The molecule has 0 radical (unpaired) electrons. The van der Waals surface area contributed by atoms with E-state index in [0.29, 0.717) is 18.6 Å². The van der Waals surface area contributed by atoms with E-state index < -0.39 is 132 Å². The number of thioether (sulfide) groups is 1. The molecule has 11 atom stereocenters. The number of hydrogen-bond acceptors (Lipinski definition) is 13. The number of rotatable bonds is 31. The largest absolute Gasteiger partial charge is 0.480 e. The molecule has 0 rings (SSSR count). The summed E-state index contributed by atoms with van der Waals surface area (Å²) in [4.78, 5) is 130. The van der Waals surface area contributed by atoms with Crippen LogP contribution in [0.1, 0.15) is 108 Å². The van der Waals surface area contributed by atoms with Gasteiger partial charge in [0.05, 0.1) is 18.7 Å². The van der Waals surface area contributed by atoms with Gasteiger partial charge in [-0.15, -0.1) is 0 Å². The van der Waals surface area contributed by atoms with Crippen LogP contribution in [0, 0.1) is 23.7 Å². The summed E-state index contributed by atoms with van der Waals surface area (Å²) in [5.74, 6) is -9.28. The maximum Gasteiger partial charge on any atom is 0.326 e. The van der Waals surface area contributed by atoms with Crippen molar-refractivity contribution in [2.75, 3.05) is 18.6 Å². The first-order valence-electron chi connectivity index (χ1n) is 22.0. The Morgan fingerprint density at radius 2 is 1.09 bits per heavy atom. The molecule has 9 amide bonds. The number of carbonyl (C=O) groups excluding carboxylic acids is 9. The second-order valence-electron chi connectivity index (χ2n) is 17.2.